The summed E-state index contributed by atoms with van der Waals surface area (Å²) < 4.78 is 5.39. The summed E-state index contributed by atoms with van der Waals surface area (Å²) in [5, 5.41) is 12.7. The molecular formula is C17H22ClN3O4. The summed E-state index contributed by atoms with van der Waals surface area (Å²) in [5.74, 6) is -0.544. The molecule has 0 aliphatic carbocycles. The fraction of sp³-hybridized carbons (Fsp3) is 0.529. The molecule has 0 aromatic heterocycles. The first kappa shape index (κ1) is 17.7. The number of methoxy groups -OCH3 is 1. The first-order valence-electron chi connectivity index (χ1n) is 8.34. The van der Waals surface area contributed by atoms with Gasteiger partial charge in [-0.05, 0) is 31.0 Å². The van der Waals surface area contributed by atoms with Crippen molar-refractivity contribution < 1.29 is 19.4 Å². The maximum absolute atomic E-state index is 12.3. The maximum atomic E-state index is 12.3. The molecule has 0 saturated carbocycles. The van der Waals surface area contributed by atoms with E-state index in [1.807, 2.05) is 12.1 Å². The Morgan fingerprint density at radius 1 is 1.28 bits per heavy atom. The van der Waals surface area contributed by atoms with Gasteiger partial charge < -0.3 is 25.0 Å². The first-order chi connectivity index (χ1) is 12.0. The van der Waals surface area contributed by atoms with Crippen molar-refractivity contribution >= 4 is 29.3 Å². The number of likely N-dealkylation sites (tertiary alicyclic amines) is 1. The van der Waals surface area contributed by atoms with Gasteiger partial charge in [-0.1, -0.05) is 11.6 Å². The first-order valence-corrected chi connectivity index (χ1v) is 8.72. The number of rotatable bonds is 4. The molecule has 1 aromatic carbocycles. The van der Waals surface area contributed by atoms with Gasteiger partial charge in [0.1, 0.15) is 5.75 Å². The van der Waals surface area contributed by atoms with Gasteiger partial charge in [-0.2, -0.15) is 0 Å². The molecule has 1 aromatic rings. The predicted molar refractivity (Wildman–Crippen MR) is 94.5 cm³/mol. The SMILES string of the molecule is COc1ccc(Cl)cc1N1CCC(NC(=O)N2CCC(C(=O)O)C2)C1. The van der Waals surface area contributed by atoms with Gasteiger partial charge >= 0.3 is 12.0 Å². The Bertz CT molecular complexity index is 669. The molecule has 2 aliphatic heterocycles. The number of nitrogens with one attached hydrogen (secondary N) is 1. The minimum absolute atomic E-state index is 0.0139. The number of carboxylic acids is 1. The lowest BCUT2D eigenvalue weighted by Gasteiger charge is -2.23. The molecule has 7 nitrogen and oxygen atoms in total. The smallest absolute Gasteiger partial charge is 0.317 e. The Morgan fingerprint density at radius 2 is 2.08 bits per heavy atom. The number of halogens is 1. The van der Waals surface area contributed by atoms with E-state index in [2.05, 4.69) is 10.2 Å². The highest BCUT2D eigenvalue weighted by molar-refractivity contribution is 6.30. The van der Waals surface area contributed by atoms with Crippen molar-refractivity contribution in [2.75, 3.05) is 38.2 Å². The average molecular weight is 368 g/mol. The molecular weight excluding hydrogens is 346 g/mol. The molecule has 2 aliphatic rings. The van der Waals surface area contributed by atoms with Crippen molar-refractivity contribution in [2.24, 2.45) is 5.92 Å². The van der Waals surface area contributed by atoms with Gasteiger partial charge in [-0.3, -0.25) is 4.79 Å². The van der Waals surface area contributed by atoms with Crippen molar-refractivity contribution in [1.82, 2.24) is 10.2 Å². The summed E-state index contributed by atoms with van der Waals surface area (Å²) in [6, 6.07) is 5.31. The Kier molecular flexibility index (Phi) is 5.22. The second-order valence-electron chi connectivity index (χ2n) is 6.47. The maximum Gasteiger partial charge on any atom is 0.317 e. The van der Waals surface area contributed by atoms with E-state index in [4.69, 9.17) is 21.4 Å². The quantitative estimate of drug-likeness (QED) is 0.851. The van der Waals surface area contributed by atoms with Crippen LogP contribution in [0.3, 0.4) is 0 Å². The monoisotopic (exact) mass is 367 g/mol. The number of ether oxygens (including phenoxy) is 1. The fourth-order valence-corrected chi connectivity index (χ4v) is 3.59. The van der Waals surface area contributed by atoms with Crippen LogP contribution in [0.25, 0.3) is 0 Å². The molecule has 2 amide bonds. The molecule has 2 unspecified atom stereocenters. The van der Waals surface area contributed by atoms with E-state index >= 15 is 0 Å². The van der Waals surface area contributed by atoms with Gasteiger partial charge in [0.2, 0.25) is 0 Å². The molecule has 2 atom stereocenters. The van der Waals surface area contributed by atoms with Crippen LogP contribution >= 0.6 is 11.6 Å². The number of aliphatic carboxylic acids is 1. The molecule has 2 N–H and O–H groups in total. The zero-order valence-electron chi connectivity index (χ0n) is 14.1. The van der Waals surface area contributed by atoms with Crippen LogP contribution in [0.5, 0.6) is 5.75 Å². The number of anilines is 1. The molecule has 0 bridgehead atoms. The zero-order chi connectivity index (χ0) is 18.0. The van der Waals surface area contributed by atoms with E-state index in [0.717, 1.165) is 24.4 Å². The number of carbonyl (C=O) groups is 2. The van der Waals surface area contributed by atoms with Crippen LogP contribution in [-0.2, 0) is 4.79 Å². The van der Waals surface area contributed by atoms with Gasteiger partial charge in [-0.25, -0.2) is 4.79 Å². The van der Waals surface area contributed by atoms with E-state index < -0.39 is 11.9 Å². The normalized spacial score (nSPS) is 23.0. The fourth-order valence-electron chi connectivity index (χ4n) is 3.42. The Hall–Kier alpha value is -2.15. The predicted octanol–water partition coefficient (Wildman–Crippen LogP) is 2.04. The molecule has 2 fully saturated rings. The van der Waals surface area contributed by atoms with Crippen LogP contribution in [0.1, 0.15) is 12.8 Å². The molecule has 0 radical (unpaired) electrons. The molecule has 8 heteroatoms. The highest BCUT2D eigenvalue weighted by atomic mass is 35.5. The summed E-state index contributed by atoms with van der Waals surface area (Å²) in [6.07, 6.45) is 1.33. The third kappa shape index (κ3) is 3.92. The molecule has 2 saturated heterocycles. The zero-order valence-corrected chi connectivity index (χ0v) is 14.8. The number of carbonyl (C=O) groups excluding carboxylic acids is 1. The van der Waals surface area contributed by atoms with Crippen LogP contribution in [0, 0.1) is 5.92 Å². The standard InChI is InChI=1S/C17H22ClN3O4/c1-25-15-3-2-12(18)8-14(15)20-7-5-13(10-20)19-17(24)21-6-4-11(9-21)16(22)23/h2-3,8,11,13H,4-7,9-10H2,1H3,(H,19,24)(H,22,23). The summed E-state index contributed by atoms with van der Waals surface area (Å²) in [7, 11) is 1.62. The van der Waals surface area contributed by atoms with Gasteiger partial charge in [0.05, 0.1) is 18.7 Å². The van der Waals surface area contributed by atoms with Crippen LogP contribution in [0.4, 0.5) is 10.5 Å². The third-order valence-corrected chi connectivity index (χ3v) is 5.06. The molecule has 2 heterocycles. The number of benzene rings is 1. The van der Waals surface area contributed by atoms with E-state index in [9.17, 15) is 9.59 Å². The van der Waals surface area contributed by atoms with Gasteiger partial charge in [0, 0.05) is 37.2 Å². The highest BCUT2D eigenvalue weighted by Crippen LogP contribution is 2.33. The largest absolute Gasteiger partial charge is 0.495 e. The van der Waals surface area contributed by atoms with Crippen LogP contribution < -0.4 is 15.0 Å². The number of urea groups is 1. The van der Waals surface area contributed by atoms with Crippen molar-refractivity contribution in [2.45, 2.75) is 18.9 Å². The lowest BCUT2D eigenvalue weighted by atomic mass is 10.1. The Labute approximate surface area is 151 Å². The van der Waals surface area contributed by atoms with Crippen LogP contribution in [0.2, 0.25) is 5.02 Å². The third-order valence-electron chi connectivity index (χ3n) is 4.82. The van der Waals surface area contributed by atoms with Crippen LogP contribution in [-0.4, -0.2) is 61.3 Å². The highest BCUT2D eigenvalue weighted by Gasteiger charge is 2.33. The average Bonchev–Trinajstić information content (AvgIpc) is 3.24. The number of amides is 2. The topological polar surface area (TPSA) is 82.1 Å². The summed E-state index contributed by atoms with van der Waals surface area (Å²) >= 11 is 6.09. The van der Waals surface area contributed by atoms with Gasteiger partial charge in [0.25, 0.3) is 0 Å². The van der Waals surface area contributed by atoms with E-state index in [0.29, 0.717) is 24.5 Å². The van der Waals surface area contributed by atoms with Crippen molar-refractivity contribution in [3.8, 4) is 5.75 Å². The number of carboxylic acid groups (broad SMARTS) is 1. The Balaban J connectivity index is 1.58. The summed E-state index contributed by atoms with van der Waals surface area (Å²) in [5.41, 5.74) is 0.916. The minimum atomic E-state index is -0.838. The lowest BCUT2D eigenvalue weighted by molar-refractivity contribution is -0.141. The Morgan fingerprint density at radius 3 is 2.76 bits per heavy atom. The molecule has 0 spiro atoms. The van der Waals surface area contributed by atoms with Crippen LogP contribution in [0.15, 0.2) is 18.2 Å². The molecule has 25 heavy (non-hydrogen) atoms. The van der Waals surface area contributed by atoms with Crippen molar-refractivity contribution in [3.63, 3.8) is 0 Å². The molecule has 136 valence electrons. The van der Waals surface area contributed by atoms with E-state index in [1.165, 1.54) is 0 Å². The second kappa shape index (κ2) is 7.39. The number of hydrogen-bond donors (Lipinski definition) is 2. The summed E-state index contributed by atoms with van der Waals surface area (Å²) in [6.45, 7) is 2.22. The number of nitrogens with zero attached hydrogens (tertiary/aromatic N) is 2. The second-order valence-corrected chi connectivity index (χ2v) is 6.90. The molecule has 3 rings (SSSR count). The van der Waals surface area contributed by atoms with E-state index in [-0.39, 0.29) is 18.6 Å². The summed E-state index contributed by atoms with van der Waals surface area (Å²) in [4.78, 5) is 27.1. The van der Waals surface area contributed by atoms with Crippen molar-refractivity contribution in [3.05, 3.63) is 23.2 Å². The van der Waals surface area contributed by atoms with E-state index in [1.54, 1.807) is 18.1 Å². The van der Waals surface area contributed by atoms with Gasteiger partial charge in [-0.15, -0.1) is 0 Å². The number of hydrogen-bond acceptors (Lipinski definition) is 4. The minimum Gasteiger partial charge on any atom is -0.495 e. The lowest BCUT2D eigenvalue weighted by Crippen LogP contribution is -2.45. The van der Waals surface area contributed by atoms with Gasteiger partial charge in [0.15, 0.2) is 0 Å². The van der Waals surface area contributed by atoms with Crippen molar-refractivity contribution in [1.29, 1.82) is 0 Å².